The van der Waals surface area contributed by atoms with Gasteiger partial charge in [0.05, 0.1) is 11.7 Å². The van der Waals surface area contributed by atoms with E-state index in [1.54, 1.807) is 6.92 Å². The number of hydrogen-bond donors (Lipinski definition) is 1. The van der Waals surface area contributed by atoms with Gasteiger partial charge in [-0.25, -0.2) is 13.2 Å². The maximum Gasteiger partial charge on any atom is 0.324 e. The molecule has 0 bridgehead atoms. The predicted octanol–water partition coefficient (Wildman–Crippen LogP) is -0.391. The van der Waals surface area contributed by atoms with Gasteiger partial charge in [0.15, 0.2) is 0 Å². The number of carbonyl (C=O) groups is 2. The Morgan fingerprint density at radius 3 is 2.62 bits per heavy atom. The lowest BCUT2D eigenvalue weighted by atomic mass is 10.1. The molecule has 0 spiro atoms. The molecule has 92 valence electrons. The summed E-state index contributed by atoms with van der Waals surface area (Å²) >= 11 is 0. The van der Waals surface area contributed by atoms with Gasteiger partial charge in [-0.1, -0.05) is 6.92 Å². The number of nitrogens with one attached hydrogen (secondary N) is 1. The van der Waals surface area contributed by atoms with E-state index in [0.29, 0.717) is 19.5 Å². The molecule has 1 rings (SSSR count). The molecule has 0 aromatic carbocycles. The first-order chi connectivity index (χ1) is 7.29. The highest BCUT2D eigenvalue weighted by molar-refractivity contribution is 7.90. The molecule has 1 heterocycles. The van der Waals surface area contributed by atoms with Crippen molar-refractivity contribution in [3.8, 4) is 0 Å². The van der Waals surface area contributed by atoms with E-state index in [1.165, 1.54) is 4.90 Å². The lowest BCUT2D eigenvalue weighted by molar-refractivity contribution is -0.125. The molecule has 3 amide bonds. The van der Waals surface area contributed by atoms with Crippen molar-refractivity contribution in [2.45, 2.75) is 13.3 Å². The van der Waals surface area contributed by atoms with Crippen LogP contribution in [-0.2, 0) is 14.6 Å². The first kappa shape index (κ1) is 13.0. The molecule has 1 fully saturated rings. The molecule has 6 nitrogen and oxygen atoms in total. The van der Waals surface area contributed by atoms with Crippen LogP contribution in [0.25, 0.3) is 0 Å². The van der Waals surface area contributed by atoms with Crippen LogP contribution >= 0.6 is 0 Å². The van der Waals surface area contributed by atoms with Gasteiger partial charge in [0, 0.05) is 19.3 Å². The quantitative estimate of drug-likeness (QED) is 0.734. The Morgan fingerprint density at radius 1 is 1.44 bits per heavy atom. The summed E-state index contributed by atoms with van der Waals surface area (Å²) in [7, 11) is -2.99. The molecule has 1 unspecified atom stereocenters. The average Bonchev–Trinajstić information content (AvgIpc) is 2.11. The van der Waals surface area contributed by atoms with E-state index in [9.17, 15) is 18.0 Å². The van der Waals surface area contributed by atoms with E-state index >= 15 is 0 Å². The summed E-state index contributed by atoms with van der Waals surface area (Å²) < 4.78 is 21.8. The molecule has 0 radical (unpaired) electrons. The van der Waals surface area contributed by atoms with Crippen molar-refractivity contribution < 1.29 is 18.0 Å². The number of nitrogens with zero attached hydrogens (tertiary/aromatic N) is 1. The van der Waals surface area contributed by atoms with Crippen molar-refractivity contribution in [1.29, 1.82) is 0 Å². The molecule has 0 aliphatic carbocycles. The van der Waals surface area contributed by atoms with E-state index in [4.69, 9.17) is 0 Å². The van der Waals surface area contributed by atoms with E-state index in [2.05, 4.69) is 5.32 Å². The van der Waals surface area contributed by atoms with Crippen LogP contribution in [0, 0.1) is 5.92 Å². The predicted molar refractivity (Wildman–Crippen MR) is 58.6 cm³/mol. The third-order valence-corrected chi connectivity index (χ3v) is 3.43. The van der Waals surface area contributed by atoms with Crippen molar-refractivity contribution in [3.63, 3.8) is 0 Å². The van der Waals surface area contributed by atoms with Crippen molar-refractivity contribution in [2.24, 2.45) is 5.92 Å². The summed E-state index contributed by atoms with van der Waals surface area (Å²) in [5.74, 6) is -0.459. The summed E-state index contributed by atoms with van der Waals surface area (Å²) in [6.07, 6.45) is 1.56. The first-order valence-electron chi connectivity index (χ1n) is 5.07. The Balaban J connectivity index is 2.43. The number of carbonyl (C=O) groups excluding carboxylic acids is 2. The largest absolute Gasteiger partial charge is 0.324 e. The molecule has 1 atom stereocenters. The topological polar surface area (TPSA) is 83.6 Å². The van der Waals surface area contributed by atoms with E-state index in [0.717, 1.165) is 6.26 Å². The van der Waals surface area contributed by atoms with Gasteiger partial charge in [-0.3, -0.25) is 10.1 Å². The smallest absolute Gasteiger partial charge is 0.324 e. The van der Waals surface area contributed by atoms with Crippen LogP contribution in [0.4, 0.5) is 4.79 Å². The van der Waals surface area contributed by atoms with E-state index in [1.807, 2.05) is 0 Å². The van der Waals surface area contributed by atoms with Crippen LogP contribution in [0.2, 0.25) is 0 Å². The number of rotatable bonds is 4. The highest BCUT2D eigenvalue weighted by atomic mass is 32.2. The summed E-state index contributed by atoms with van der Waals surface area (Å²) in [5.41, 5.74) is 0. The van der Waals surface area contributed by atoms with Crippen molar-refractivity contribution in [1.82, 2.24) is 10.2 Å². The summed E-state index contributed by atoms with van der Waals surface area (Å²) in [5, 5.41) is 2.23. The van der Waals surface area contributed by atoms with Gasteiger partial charge >= 0.3 is 6.03 Å². The second kappa shape index (κ2) is 4.82. The third-order valence-electron chi connectivity index (χ3n) is 2.40. The van der Waals surface area contributed by atoms with Gasteiger partial charge in [-0.2, -0.15) is 0 Å². The summed E-state index contributed by atoms with van der Waals surface area (Å²) in [6, 6.07) is -0.434. The number of sulfone groups is 1. The molecule has 1 N–H and O–H groups in total. The fraction of sp³-hybridized carbons (Fsp3) is 0.778. The number of amides is 3. The van der Waals surface area contributed by atoms with Crippen molar-refractivity contribution in [2.75, 3.05) is 25.1 Å². The number of imide groups is 1. The third kappa shape index (κ3) is 3.80. The minimum Gasteiger partial charge on any atom is -0.324 e. The Hall–Kier alpha value is -1.11. The maximum absolute atomic E-state index is 11.4. The number of hydrogen-bond acceptors (Lipinski definition) is 4. The van der Waals surface area contributed by atoms with Crippen LogP contribution in [0.3, 0.4) is 0 Å². The fourth-order valence-electron chi connectivity index (χ4n) is 1.51. The average molecular weight is 248 g/mol. The monoisotopic (exact) mass is 248 g/mol. The molecule has 16 heavy (non-hydrogen) atoms. The molecular formula is C9H16N2O4S. The van der Waals surface area contributed by atoms with Gasteiger partial charge in [0.25, 0.3) is 0 Å². The molecule has 1 aliphatic rings. The van der Waals surface area contributed by atoms with Gasteiger partial charge in [0.2, 0.25) is 5.91 Å². The van der Waals surface area contributed by atoms with Crippen LogP contribution in [0.1, 0.15) is 13.3 Å². The highest BCUT2D eigenvalue weighted by Crippen LogP contribution is 2.08. The van der Waals surface area contributed by atoms with E-state index < -0.39 is 15.9 Å². The Labute approximate surface area is 94.9 Å². The zero-order valence-electron chi connectivity index (χ0n) is 9.39. The molecule has 0 saturated carbocycles. The van der Waals surface area contributed by atoms with Gasteiger partial charge < -0.3 is 4.90 Å². The number of urea groups is 1. The van der Waals surface area contributed by atoms with Crippen molar-refractivity contribution >= 4 is 21.8 Å². The molecule has 0 aromatic heterocycles. The normalized spacial score (nSPS) is 22.1. The Bertz CT molecular complexity index is 390. The van der Waals surface area contributed by atoms with Gasteiger partial charge in [-0.05, 0) is 6.42 Å². The SMILES string of the molecule is CC1CN(CCCS(C)(=O)=O)C(=O)NC1=O. The summed E-state index contributed by atoms with van der Waals surface area (Å²) in [4.78, 5) is 23.9. The zero-order valence-corrected chi connectivity index (χ0v) is 10.2. The minimum absolute atomic E-state index is 0.0547. The standard InChI is InChI=1S/C9H16N2O4S/c1-7-6-11(9(13)10-8(7)12)4-3-5-16(2,14)15/h7H,3-6H2,1-2H3,(H,10,12,13). The molecule has 0 aromatic rings. The maximum atomic E-state index is 11.4. The van der Waals surface area contributed by atoms with Gasteiger partial charge in [-0.15, -0.1) is 0 Å². The van der Waals surface area contributed by atoms with Crippen LogP contribution in [-0.4, -0.2) is 50.4 Å². The zero-order chi connectivity index (χ0) is 12.3. The minimum atomic E-state index is -2.99. The summed E-state index contributed by atoms with van der Waals surface area (Å²) in [6.45, 7) is 2.44. The molecule has 7 heteroatoms. The highest BCUT2D eigenvalue weighted by Gasteiger charge is 2.28. The van der Waals surface area contributed by atoms with Crippen LogP contribution in [0.15, 0.2) is 0 Å². The molecule has 1 aliphatic heterocycles. The fourth-order valence-corrected chi connectivity index (χ4v) is 2.17. The second-order valence-electron chi connectivity index (χ2n) is 4.12. The lowest BCUT2D eigenvalue weighted by Crippen LogP contribution is -2.53. The Morgan fingerprint density at radius 2 is 2.06 bits per heavy atom. The van der Waals surface area contributed by atoms with Gasteiger partial charge in [0.1, 0.15) is 9.84 Å². The second-order valence-corrected chi connectivity index (χ2v) is 6.38. The van der Waals surface area contributed by atoms with Crippen LogP contribution < -0.4 is 5.32 Å². The van der Waals surface area contributed by atoms with Crippen LogP contribution in [0.5, 0.6) is 0 Å². The van der Waals surface area contributed by atoms with E-state index in [-0.39, 0.29) is 17.6 Å². The molecule has 1 saturated heterocycles. The van der Waals surface area contributed by atoms with Crippen molar-refractivity contribution in [3.05, 3.63) is 0 Å². The first-order valence-corrected chi connectivity index (χ1v) is 7.13. The molecular weight excluding hydrogens is 232 g/mol. The lowest BCUT2D eigenvalue weighted by Gasteiger charge is -2.30. The Kier molecular flexibility index (Phi) is 3.90.